The smallest absolute Gasteiger partial charge is 0.228 e. The van der Waals surface area contributed by atoms with Crippen LogP contribution in [0.25, 0.3) is 0 Å². The van der Waals surface area contributed by atoms with E-state index >= 15 is 0 Å². The van der Waals surface area contributed by atoms with Gasteiger partial charge in [-0.2, -0.15) is 0 Å². The molecule has 0 bridgehead atoms. The number of piperidine rings is 1. The molecule has 1 saturated heterocycles. The van der Waals surface area contributed by atoms with Gasteiger partial charge in [0, 0.05) is 11.7 Å². The van der Waals surface area contributed by atoms with Crippen molar-refractivity contribution >= 4 is 17.5 Å². The van der Waals surface area contributed by atoms with Crippen molar-refractivity contribution in [2.24, 2.45) is 0 Å². The molecule has 1 aromatic heterocycles. The number of carbonyl (C=O) groups is 2. The van der Waals surface area contributed by atoms with Gasteiger partial charge in [-0.15, -0.1) is 0 Å². The molecule has 2 aliphatic heterocycles. The van der Waals surface area contributed by atoms with Crippen molar-refractivity contribution in [2.75, 3.05) is 25.5 Å². The molecule has 1 fully saturated rings. The molecule has 0 atom stereocenters. The van der Waals surface area contributed by atoms with E-state index in [4.69, 9.17) is 4.42 Å². The number of furan rings is 1. The monoisotopic (exact) mass is 367 g/mol. The van der Waals surface area contributed by atoms with Gasteiger partial charge in [-0.05, 0) is 62.3 Å². The Bertz CT molecular complexity index is 823. The summed E-state index contributed by atoms with van der Waals surface area (Å²) in [6.07, 6.45) is 4.35. The van der Waals surface area contributed by atoms with Crippen LogP contribution in [0.5, 0.6) is 0 Å². The summed E-state index contributed by atoms with van der Waals surface area (Å²) in [6.45, 7) is 2.50. The van der Waals surface area contributed by atoms with Crippen LogP contribution in [0.2, 0.25) is 0 Å². The van der Waals surface area contributed by atoms with Crippen molar-refractivity contribution in [3.05, 3.63) is 53.5 Å². The number of amides is 2. The molecule has 3 heterocycles. The van der Waals surface area contributed by atoms with E-state index in [-0.39, 0.29) is 17.9 Å². The number of hydrogen-bond donors (Lipinski definition) is 1. The minimum absolute atomic E-state index is 0.0132. The average molecular weight is 367 g/mol. The lowest BCUT2D eigenvalue weighted by molar-refractivity contribution is -0.134. The molecule has 4 rings (SSSR count). The summed E-state index contributed by atoms with van der Waals surface area (Å²) in [6, 6.07) is 9.83. The first-order valence-corrected chi connectivity index (χ1v) is 9.50. The largest absolute Gasteiger partial charge is 0.467 e. The molecular weight excluding hydrogens is 342 g/mol. The van der Waals surface area contributed by atoms with E-state index in [1.807, 2.05) is 35.2 Å². The van der Waals surface area contributed by atoms with Crippen molar-refractivity contribution in [2.45, 2.75) is 38.3 Å². The Morgan fingerprint density at radius 3 is 2.85 bits per heavy atom. The molecule has 6 nitrogen and oxygen atoms in total. The summed E-state index contributed by atoms with van der Waals surface area (Å²) in [5, 5.41) is 2.86. The van der Waals surface area contributed by atoms with Crippen LogP contribution in [0.1, 0.15) is 29.7 Å². The van der Waals surface area contributed by atoms with Gasteiger partial charge < -0.3 is 19.5 Å². The third kappa shape index (κ3) is 4.06. The molecule has 2 aromatic rings. The number of anilines is 1. The van der Waals surface area contributed by atoms with E-state index in [1.54, 1.807) is 6.26 Å². The fourth-order valence-corrected chi connectivity index (χ4v) is 3.95. The van der Waals surface area contributed by atoms with Gasteiger partial charge in [-0.25, -0.2) is 0 Å². The minimum atomic E-state index is 0.0132. The first kappa shape index (κ1) is 17.8. The molecule has 27 heavy (non-hydrogen) atoms. The van der Waals surface area contributed by atoms with E-state index in [9.17, 15) is 9.59 Å². The third-order valence-electron chi connectivity index (χ3n) is 5.51. The highest BCUT2D eigenvalue weighted by Gasteiger charge is 2.28. The maximum Gasteiger partial charge on any atom is 0.228 e. The summed E-state index contributed by atoms with van der Waals surface area (Å²) < 4.78 is 5.50. The van der Waals surface area contributed by atoms with Gasteiger partial charge in [-0.3, -0.25) is 9.59 Å². The van der Waals surface area contributed by atoms with Crippen LogP contribution < -0.4 is 5.32 Å². The predicted molar refractivity (Wildman–Crippen MR) is 102 cm³/mol. The molecular formula is C21H25N3O3. The topological polar surface area (TPSA) is 65.8 Å². The SMILES string of the molecule is CN1CCC(N(Cc2ccco2)C(=O)Cc2ccc3c(c2)NC(=O)C3)CC1. The van der Waals surface area contributed by atoms with Gasteiger partial charge in [0.1, 0.15) is 5.76 Å². The molecule has 0 spiro atoms. The van der Waals surface area contributed by atoms with Gasteiger partial charge in [0.25, 0.3) is 0 Å². The van der Waals surface area contributed by atoms with Crippen LogP contribution in [0.15, 0.2) is 41.0 Å². The van der Waals surface area contributed by atoms with E-state index in [0.717, 1.165) is 48.5 Å². The Morgan fingerprint density at radius 2 is 2.11 bits per heavy atom. The van der Waals surface area contributed by atoms with Crippen molar-refractivity contribution in [3.63, 3.8) is 0 Å². The van der Waals surface area contributed by atoms with Gasteiger partial charge in [0.05, 0.1) is 25.6 Å². The zero-order chi connectivity index (χ0) is 18.8. The quantitative estimate of drug-likeness (QED) is 0.882. The normalized spacial score (nSPS) is 17.6. The van der Waals surface area contributed by atoms with Gasteiger partial charge in [-0.1, -0.05) is 12.1 Å². The van der Waals surface area contributed by atoms with Gasteiger partial charge in [0.15, 0.2) is 0 Å². The Morgan fingerprint density at radius 1 is 1.30 bits per heavy atom. The zero-order valence-corrected chi connectivity index (χ0v) is 15.6. The highest BCUT2D eigenvalue weighted by molar-refractivity contribution is 5.99. The van der Waals surface area contributed by atoms with Crippen molar-refractivity contribution in [1.82, 2.24) is 9.80 Å². The van der Waals surface area contributed by atoms with E-state index in [0.29, 0.717) is 19.4 Å². The molecule has 1 aromatic carbocycles. The van der Waals surface area contributed by atoms with Crippen LogP contribution in [-0.4, -0.2) is 47.8 Å². The van der Waals surface area contributed by atoms with Crippen LogP contribution in [-0.2, 0) is 29.0 Å². The number of nitrogens with zero attached hydrogens (tertiary/aromatic N) is 2. The van der Waals surface area contributed by atoms with Crippen molar-refractivity contribution < 1.29 is 14.0 Å². The number of benzene rings is 1. The van der Waals surface area contributed by atoms with E-state index < -0.39 is 0 Å². The van der Waals surface area contributed by atoms with Crippen LogP contribution in [0, 0.1) is 0 Å². The molecule has 0 aliphatic carbocycles. The van der Waals surface area contributed by atoms with Crippen LogP contribution in [0.3, 0.4) is 0 Å². The standard InChI is InChI=1S/C21H25N3O3/c1-23-8-6-17(7-9-23)24(14-18-3-2-10-27-18)21(26)12-15-4-5-16-13-20(25)22-19(16)11-15/h2-5,10-11,17H,6-9,12-14H2,1H3,(H,22,25). The van der Waals surface area contributed by atoms with Crippen molar-refractivity contribution in [3.8, 4) is 0 Å². The summed E-state index contributed by atoms with van der Waals surface area (Å²) in [5.74, 6) is 0.924. The zero-order valence-electron chi connectivity index (χ0n) is 15.6. The second-order valence-electron chi connectivity index (χ2n) is 7.53. The van der Waals surface area contributed by atoms with Gasteiger partial charge >= 0.3 is 0 Å². The first-order chi connectivity index (χ1) is 13.1. The van der Waals surface area contributed by atoms with E-state index in [2.05, 4.69) is 17.3 Å². The highest BCUT2D eigenvalue weighted by Crippen LogP contribution is 2.25. The lowest BCUT2D eigenvalue weighted by Gasteiger charge is -2.37. The second kappa shape index (κ2) is 7.56. The number of hydrogen-bond acceptors (Lipinski definition) is 4. The highest BCUT2D eigenvalue weighted by atomic mass is 16.3. The second-order valence-corrected chi connectivity index (χ2v) is 7.53. The third-order valence-corrected chi connectivity index (χ3v) is 5.51. The molecule has 2 amide bonds. The molecule has 2 aliphatic rings. The van der Waals surface area contributed by atoms with E-state index in [1.165, 1.54) is 0 Å². The molecule has 0 radical (unpaired) electrons. The number of nitrogens with one attached hydrogen (secondary N) is 1. The van der Waals surface area contributed by atoms with Crippen LogP contribution in [0.4, 0.5) is 5.69 Å². The Kier molecular flexibility index (Phi) is 4.99. The fourth-order valence-electron chi connectivity index (χ4n) is 3.95. The minimum Gasteiger partial charge on any atom is -0.467 e. The van der Waals surface area contributed by atoms with Gasteiger partial charge in [0.2, 0.25) is 11.8 Å². The Balaban J connectivity index is 1.50. The molecule has 6 heteroatoms. The summed E-state index contributed by atoms with van der Waals surface area (Å²) >= 11 is 0. The Labute approximate surface area is 159 Å². The summed E-state index contributed by atoms with van der Waals surface area (Å²) in [7, 11) is 2.12. The van der Waals surface area contributed by atoms with Crippen LogP contribution >= 0.6 is 0 Å². The van der Waals surface area contributed by atoms with Crippen molar-refractivity contribution in [1.29, 1.82) is 0 Å². The summed E-state index contributed by atoms with van der Waals surface area (Å²) in [4.78, 5) is 29.0. The predicted octanol–water partition coefficient (Wildman–Crippen LogP) is 2.44. The summed E-state index contributed by atoms with van der Waals surface area (Å²) in [5.41, 5.74) is 2.76. The molecule has 0 saturated carbocycles. The molecule has 142 valence electrons. The lowest BCUT2D eigenvalue weighted by atomic mass is 10.0. The average Bonchev–Trinajstić information content (AvgIpc) is 3.28. The molecule has 0 unspecified atom stereocenters. The first-order valence-electron chi connectivity index (χ1n) is 9.50. The number of rotatable bonds is 5. The maximum absolute atomic E-state index is 13.2. The number of fused-ring (bicyclic) bond motifs is 1. The number of likely N-dealkylation sites (tertiary alicyclic amines) is 1. The number of carbonyl (C=O) groups excluding carboxylic acids is 2. The lowest BCUT2D eigenvalue weighted by Crippen LogP contribution is -2.46. The fraction of sp³-hybridized carbons (Fsp3) is 0.429. The molecule has 1 N–H and O–H groups in total. The Hall–Kier alpha value is -2.60. The maximum atomic E-state index is 13.2.